The summed E-state index contributed by atoms with van der Waals surface area (Å²) in [4.78, 5) is 45.8. The van der Waals surface area contributed by atoms with Crippen LogP contribution in [-0.2, 0) is 46.5 Å². The molecule has 4 aliphatic heterocycles. The molecule has 3 fully saturated rings. The van der Waals surface area contributed by atoms with Crippen molar-refractivity contribution in [2.24, 2.45) is 11.8 Å². The van der Waals surface area contributed by atoms with Gasteiger partial charge in [-0.2, -0.15) is 0 Å². The van der Waals surface area contributed by atoms with Gasteiger partial charge in [0.15, 0.2) is 5.79 Å². The number of likely N-dealkylation sites (tertiary alicyclic amines) is 1. The van der Waals surface area contributed by atoms with Crippen molar-refractivity contribution in [3.8, 4) is 0 Å². The second-order valence-electron chi connectivity index (χ2n) is 12.2. The number of carbonyl (C=O) groups excluding carboxylic acids is 3. The highest BCUT2D eigenvalue weighted by molar-refractivity contribution is 6.23. The number of amides is 2. The topological polar surface area (TPSA) is 94.6 Å². The molecule has 0 radical (unpaired) electrons. The minimum atomic E-state index is -1.04. The first-order valence-corrected chi connectivity index (χ1v) is 14.9. The number of benzene rings is 3. The molecule has 0 bridgehead atoms. The number of ether oxygens (including phenoxy) is 4. The molecule has 0 N–H and O–H groups in total. The summed E-state index contributed by atoms with van der Waals surface area (Å²) in [6.45, 7) is 5.90. The van der Waals surface area contributed by atoms with Crippen molar-refractivity contribution in [3.63, 3.8) is 0 Å². The van der Waals surface area contributed by atoms with Gasteiger partial charge < -0.3 is 18.9 Å². The van der Waals surface area contributed by atoms with Crippen LogP contribution >= 0.6 is 0 Å². The van der Waals surface area contributed by atoms with Crippen LogP contribution in [0.25, 0.3) is 0 Å². The van der Waals surface area contributed by atoms with Gasteiger partial charge >= 0.3 is 5.97 Å². The molecule has 226 valence electrons. The molecule has 4 heterocycles. The summed E-state index contributed by atoms with van der Waals surface area (Å²) in [6, 6.07) is 24.5. The van der Waals surface area contributed by atoms with E-state index in [0.717, 1.165) is 16.7 Å². The molecule has 0 saturated carbocycles. The Morgan fingerprint density at radius 2 is 1.48 bits per heavy atom. The molecule has 6 atom stereocenters. The lowest BCUT2D eigenvalue weighted by molar-refractivity contribution is -0.184. The number of carbonyl (C=O) groups is 3. The van der Waals surface area contributed by atoms with Crippen molar-refractivity contribution in [1.29, 1.82) is 0 Å². The summed E-state index contributed by atoms with van der Waals surface area (Å²) < 4.78 is 24.2. The van der Waals surface area contributed by atoms with Crippen molar-refractivity contribution in [3.05, 3.63) is 113 Å². The molecular formula is C35H34N2O7. The summed E-state index contributed by atoms with van der Waals surface area (Å²) >= 11 is 0. The third-order valence-electron chi connectivity index (χ3n) is 8.72. The minimum Gasteiger partial charge on any atom is -0.465 e. The molecule has 9 nitrogen and oxygen atoms in total. The summed E-state index contributed by atoms with van der Waals surface area (Å²) in [7, 11) is 0. The maximum Gasteiger partial charge on any atom is 0.324 e. The fraction of sp³-hybridized carbons (Fsp3) is 0.343. The molecule has 3 aromatic carbocycles. The number of rotatable bonds is 7. The fourth-order valence-electron chi connectivity index (χ4n) is 6.80. The monoisotopic (exact) mass is 594 g/mol. The molecule has 44 heavy (non-hydrogen) atoms. The molecule has 4 aliphatic rings. The Labute approximate surface area is 255 Å². The number of imide groups is 1. The SMILES string of the molecule is Cc1ccc(N2C(=O)[C@@H]3[C@H](C2=O)[C@H](C2=C[C@H]4OC(C)(C)O[C@H]4O2)N(Cc2ccccc2)[C@H]3C(=O)OCc2ccccc2)cc1. The molecule has 2 amide bonds. The largest absolute Gasteiger partial charge is 0.465 e. The Hall–Kier alpha value is -4.31. The van der Waals surface area contributed by atoms with Crippen LogP contribution in [-0.4, -0.2) is 52.9 Å². The van der Waals surface area contributed by atoms with Crippen LogP contribution < -0.4 is 4.90 Å². The molecule has 0 aromatic heterocycles. The van der Waals surface area contributed by atoms with Gasteiger partial charge in [0.05, 0.1) is 23.6 Å². The van der Waals surface area contributed by atoms with Crippen molar-refractivity contribution in [1.82, 2.24) is 4.90 Å². The van der Waals surface area contributed by atoms with Crippen molar-refractivity contribution in [2.75, 3.05) is 4.90 Å². The van der Waals surface area contributed by atoms with E-state index >= 15 is 0 Å². The second-order valence-corrected chi connectivity index (χ2v) is 12.2. The van der Waals surface area contributed by atoms with Gasteiger partial charge in [-0.05, 0) is 50.1 Å². The zero-order chi connectivity index (χ0) is 30.6. The molecule has 3 aromatic rings. The van der Waals surface area contributed by atoms with E-state index < -0.39 is 54.0 Å². The quantitative estimate of drug-likeness (QED) is 0.292. The number of hydrogen-bond acceptors (Lipinski definition) is 8. The number of esters is 1. The van der Waals surface area contributed by atoms with Gasteiger partial charge in [-0.1, -0.05) is 78.4 Å². The van der Waals surface area contributed by atoms with E-state index in [-0.39, 0.29) is 19.1 Å². The molecule has 3 saturated heterocycles. The van der Waals surface area contributed by atoms with Crippen LogP contribution in [0.1, 0.15) is 30.5 Å². The number of anilines is 1. The van der Waals surface area contributed by atoms with E-state index in [2.05, 4.69) is 0 Å². The van der Waals surface area contributed by atoms with Crippen molar-refractivity contribution < 1.29 is 33.3 Å². The number of fused-ring (bicyclic) bond motifs is 2. The van der Waals surface area contributed by atoms with Gasteiger partial charge in [0.2, 0.25) is 18.1 Å². The predicted octanol–water partition coefficient (Wildman–Crippen LogP) is 4.49. The van der Waals surface area contributed by atoms with Crippen molar-refractivity contribution >= 4 is 23.5 Å². The molecule has 7 rings (SSSR count). The summed E-state index contributed by atoms with van der Waals surface area (Å²) in [5.41, 5.74) is 3.21. The molecule has 0 spiro atoms. The Morgan fingerprint density at radius 1 is 0.841 bits per heavy atom. The third-order valence-corrected chi connectivity index (χ3v) is 8.72. The minimum absolute atomic E-state index is 0.0430. The first kappa shape index (κ1) is 28.5. The Kier molecular flexibility index (Phi) is 7.11. The first-order valence-electron chi connectivity index (χ1n) is 14.9. The Morgan fingerprint density at radius 3 is 2.14 bits per heavy atom. The Balaban J connectivity index is 1.30. The number of aryl methyl sites for hydroxylation is 1. The molecule has 0 aliphatic carbocycles. The zero-order valence-corrected chi connectivity index (χ0v) is 24.8. The number of hydrogen-bond donors (Lipinski definition) is 0. The first-order chi connectivity index (χ1) is 21.2. The van der Waals surface area contributed by atoms with E-state index in [9.17, 15) is 14.4 Å². The van der Waals surface area contributed by atoms with E-state index in [4.69, 9.17) is 18.9 Å². The normalized spacial score (nSPS) is 28.9. The van der Waals surface area contributed by atoms with E-state index in [0.29, 0.717) is 11.4 Å². The van der Waals surface area contributed by atoms with Crippen LogP contribution in [0.5, 0.6) is 0 Å². The highest BCUT2D eigenvalue weighted by atomic mass is 16.8. The maximum atomic E-state index is 14.3. The molecular weight excluding hydrogens is 560 g/mol. The number of nitrogens with zero attached hydrogens (tertiary/aromatic N) is 2. The summed E-state index contributed by atoms with van der Waals surface area (Å²) in [5.74, 6) is -3.63. The van der Waals surface area contributed by atoms with Crippen LogP contribution in [0.2, 0.25) is 0 Å². The average molecular weight is 595 g/mol. The smallest absolute Gasteiger partial charge is 0.324 e. The van der Waals surface area contributed by atoms with Gasteiger partial charge in [-0.25, -0.2) is 4.90 Å². The molecule has 0 unspecified atom stereocenters. The maximum absolute atomic E-state index is 14.3. The highest BCUT2D eigenvalue weighted by Gasteiger charge is 2.66. The average Bonchev–Trinajstić information content (AvgIpc) is 3.69. The van der Waals surface area contributed by atoms with Crippen LogP contribution in [0.4, 0.5) is 5.69 Å². The fourth-order valence-corrected chi connectivity index (χ4v) is 6.80. The van der Waals surface area contributed by atoms with E-state index in [1.54, 1.807) is 12.1 Å². The van der Waals surface area contributed by atoms with Gasteiger partial charge in [0.1, 0.15) is 24.5 Å². The van der Waals surface area contributed by atoms with Gasteiger partial charge in [-0.3, -0.25) is 19.3 Å². The Bertz CT molecular complexity index is 1600. The lowest BCUT2D eigenvalue weighted by Crippen LogP contribution is -2.49. The molecule has 9 heteroatoms. The van der Waals surface area contributed by atoms with Gasteiger partial charge in [-0.15, -0.1) is 0 Å². The van der Waals surface area contributed by atoms with E-state index in [1.165, 1.54) is 4.90 Å². The van der Waals surface area contributed by atoms with Crippen molar-refractivity contribution in [2.45, 2.75) is 64.2 Å². The van der Waals surface area contributed by atoms with Crippen LogP contribution in [0.15, 0.2) is 96.8 Å². The highest BCUT2D eigenvalue weighted by Crippen LogP contribution is 2.50. The van der Waals surface area contributed by atoms with Gasteiger partial charge in [0, 0.05) is 6.54 Å². The zero-order valence-electron chi connectivity index (χ0n) is 24.8. The van der Waals surface area contributed by atoms with Crippen LogP contribution in [0.3, 0.4) is 0 Å². The summed E-state index contributed by atoms with van der Waals surface area (Å²) in [6.07, 6.45) is 0.645. The predicted molar refractivity (Wildman–Crippen MR) is 159 cm³/mol. The lowest BCUT2D eigenvalue weighted by atomic mass is 9.88. The second kappa shape index (κ2) is 11.0. The van der Waals surface area contributed by atoms with Crippen LogP contribution in [0, 0.1) is 18.8 Å². The van der Waals surface area contributed by atoms with E-state index in [1.807, 2.05) is 105 Å². The third kappa shape index (κ3) is 5.00. The van der Waals surface area contributed by atoms with Gasteiger partial charge in [0.25, 0.3) is 0 Å². The summed E-state index contributed by atoms with van der Waals surface area (Å²) in [5, 5.41) is 0. The lowest BCUT2D eigenvalue weighted by Gasteiger charge is -2.33. The standard InChI is InChI=1S/C35H34N2O7/c1-21-14-16-24(17-15-21)37-31(38)27-28(32(37)39)30(33(40)41-20-23-12-8-5-9-13-23)36(19-22-10-6-4-7-11-22)29(27)25-18-26-34(42-25)44-35(2,3)43-26/h4-18,26-30,34H,19-20H2,1-3H3/t26-,27+,28-,29+,30-,34-/m1/s1.